The van der Waals surface area contributed by atoms with Crippen molar-refractivity contribution in [2.24, 2.45) is 0 Å². The first-order valence-corrected chi connectivity index (χ1v) is 13.6. The van der Waals surface area contributed by atoms with E-state index in [-0.39, 0.29) is 11.3 Å². The lowest BCUT2D eigenvalue weighted by atomic mass is 9.91. The molecule has 1 saturated heterocycles. The van der Waals surface area contributed by atoms with Gasteiger partial charge < -0.3 is 20.1 Å². The van der Waals surface area contributed by atoms with E-state index in [4.69, 9.17) is 43.8 Å². The van der Waals surface area contributed by atoms with Gasteiger partial charge in [-0.15, -0.1) is 0 Å². The molecule has 0 radical (unpaired) electrons. The summed E-state index contributed by atoms with van der Waals surface area (Å²) in [6, 6.07) is 9.03. The number of halogens is 2. The van der Waals surface area contributed by atoms with Crippen molar-refractivity contribution in [3.8, 4) is 11.8 Å². The van der Waals surface area contributed by atoms with E-state index >= 15 is 0 Å². The maximum Gasteiger partial charge on any atom is 0.146 e. The van der Waals surface area contributed by atoms with Crippen LogP contribution in [0, 0.1) is 23.7 Å². The molecular weight excluding hydrogens is 535 g/mol. The van der Waals surface area contributed by atoms with Crippen LogP contribution in [0.15, 0.2) is 36.7 Å². The van der Waals surface area contributed by atoms with Gasteiger partial charge in [0.25, 0.3) is 0 Å². The summed E-state index contributed by atoms with van der Waals surface area (Å²) in [5.74, 6) is 1.10. The fourth-order valence-corrected chi connectivity index (χ4v) is 5.65. The second-order valence-corrected chi connectivity index (χ2v) is 11.3. The molecule has 0 unspecified atom stereocenters. The lowest BCUT2D eigenvalue weighted by molar-refractivity contribution is -0.124. The van der Waals surface area contributed by atoms with E-state index in [1.54, 1.807) is 43.6 Å². The van der Waals surface area contributed by atoms with Gasteiger partial charge in [-0.3, -0.25) is 10.4 Å². The first kappa shape index (κ1) is 27.2. The van der Waals surface area contributed by atoms with Crippen LogP contribution in [-0.4, -0.2) is 40.5 Å². The smallest absolute Gasteiger partial charge is 0.146 e. The molecule has 10 heteroatoms. The average Bonchev–Trinajstić information content (AvgIpc) is 2.87. The molecule has 8 nitrogen and oxygen atoms in total. The highest BCUT2D eigenvalue weighted by atomic mass is 35.5. The number of aromatic nitrogens is 2. The standard InChI is InChI=1S/C29H30Cl2N6O2/c1-16-26(31)25(23(30)13-35-16)17(2)38-21-7-8-24(33)22(10-21)27(34)19-9-18(11-32)28(36-12-19)37-14-29(3,15-37)39-20-5-4-6-20/h7-10,12-13,17,20,34H,4-6,14-15,33H2,1-3H3/t17-/m1/s1. The Balaban J connectivity index is 1.34. The molecule has 3 N–H and O–H groups in total. The van der Waals surface area contributed by atoms with Crippen molar-refractivity contribution in [2.45, 2.75) is 57.8 Å². The number of nitrogens with zero attached hydrogens (tertiary/aromatic N) is 4. The lowest BCUT2D eigenvalue weighted by Gasteiger charge is -2.51. The Bertz CT molecular complexity index is 1480. The molecule has 0 bridgehead atoms. The number of nitrogen functional groups attached to an aromatic ring is 1. The summed E-state index contributed by atoms with van der Waals surface area (Å²) in [7, 11) is 0. The van der Waals surface area contributed by atoms with Gasteiger partial charge in [0, 0.05) is 34.8 Å². The van der Waals surface area contributed by atoms with Crippen LogP contribution in [0.25, 0.3) is 0 Å². The number of hydrogen-bond donors (Lipinski definition) is 2. The van der Waals surface area contributed by atoms with Crippen LogP contribution in [0.3, 0.4) is 0 Å². The summed E-state index contributed by atoms with van der Waals surface area (Å²) in [6.45, 7) is 7.10. The molecule has 2 fully saturated rings. The Kier molecular flexibility index (Phi) is 7.43. The molecule has 2 aliphatic rings. The third-order valence-corrected chi connectivity index (χ3v) is 8.10. The van der Waals surface area contributed by atoms with Crippen LogP contribution < -0.4 is 15.4 Å². The van der Waals surface area contributed by atoms with E-state index in [1.165, 1.54) is 6.42 Å². The van der Waals surface area contributed by atoms with E-state index in [9.17, 15) is 5.26 Å². The predicted molar refractivity (Wildman–Crippen MR) is 153 cm³/mol. The van der Waals surface area contributed by atoms with Crippen molar-refractivity contribution in [1.82, 2.24) is 9.97 Å². The quantitative estimate of drug-likeness (QED) is 0.245. The van der Waals surface area contributed by atoms with E-state index < -0.39 is 6.10 Å². The molecule has 39 heavy (non-hydrogen) atoms. The van der Waals surface area contributed by atoms with Gasteiger partial charge in [-0.05, 0) is 64.3 Å². The Morgan fingerprint density at radius 2 is 1.97 bits per heavy atom. The monoisotopic (exact) mass is 564 g/mol. The van der Waals surface area contributed by atoms with Gasteiger partial charge in [0.1, 0.15) is 29.3 Å². The molecule has 3 aromatic rings. The Labute approximate surface area is 238 Å². The van der Waals surface area contributed by atoms with Crippen molar-refractivity contribution in [3.63, 3.8) is 0 Å². The number of nitrogens with two attached hydrogens (primary N) is 1. The Hall–Kier alpha value is -3.38. The van der Waals surface area contributed by atoms with Gasteiger partial charge in [0.15, 0.2) is 0 Å². The molecule has 0 amide bonds. The fraction of sp³-hybridized carbons (Fsp3) is 0.379. The second kappa shape index (κ2) is 10.6. The van der Waals surface area contributed by atoms with Crippen molar-refractivity contribution in [1.29, 1.82) is 10.7 Å². The zero-order valence-corrected chi connectivity index (χ0v) is 23.6. The van der Waals surface area contributed by atoms with Crippen LogP contribution in [0.4, 0.5) is 11.5 Å². The maximum absolute atomic E-state index is 9.87. The Morgan fingerprint density at radius 1 is 1.23 bits per heavy atom. The summed E-state index contributed by atoms with van der Waals surface area (Å²) >= 11 is 12.8. The number of nitriles is 1. The first-order valence-electron chi connectivity index (χ1n) is 12.9. The molecule has 2 aromatic heterocycles. The second-order valence-electron chi connectivity index (χ2n) is 10.5. The van der Waals surface area contributed by atoms with Crippen LogP contribution in [0.1, 0.15) is 67.2 Å². The highest BCUT2D eigenvalue weighted by Crippen LogP contribution is 2.37. The molecule has 1 aromatic carbocycles. The highest BCUT2D eigenvalue weighted by molar-refractivity contribution is 6.36. The number of hydrogen-bond acceptors (Lipinski definition) is 8. The normalized spacial score (nSPS) is 17.1. The predicted octanol–water partition coefficient (Wildman–Crippen LogP) is 6.25. The SMILES string of the molecule is Cc1ncc(Cl)c([C@@H](C)Oc2ccc(N)c(C(=N)c3cnc(N4CC(C)(OC5CCC5)C4)c(C#N)c3)c2)c1Cl. The van der Waals surface area contributed by atoms with E-state index in [0.29, 0.717) is 74.4 Å². The minimum Gasteiger partial charge on any atom is -0.486 e. The van der Waals surface area contributed by atoms with Gasteiger partial charge in [0.05, 0.1) is 46.2 Å². The minimum atomic E-state index is -0.473. The van der Waals surface area contributed by atoms with Crippen molar-refractivity contribution >= 4 is 40.4 Å². The molecule has 1 saturated carbocycles. The van der Waals surface area contributed by atoms with E-state index in [2.05, 4.69) is 23.0 Å². The van der Waals surface area contributed by atoms with Crippen LogP contribution >= 0.6 is 23.2 Å². The Morgan fingerprint density at radius 3 is 2.64 bits per heavy atom. The third kappa shape index (κ3) is 5.40. The zero-order valence-electron chi connectivity index (χ0n) is 22.1. The van der Waals surface area contributed by atoms with Gasteiger partial charge in [-0.25, -0.2) is 4.98 Å². The van der Waals surface area contributed by atoms with Crippen LogP contribution in [0.2, 0.25) is 10.0 Å². The maximum atomic E-state index is 9.87. The average molecular weight is 566 g/mol. The number of nitrogens with one attached hydrogen (secondary N) is 1. The number of rotatable bonds is 8. The fourth-order valence-electron chi connectivity index (χ4n) is 5.00. The summed E-state index contributed by atoms with van der Waals surface area (Å²) in [4.78, 5) is 10.8. The van der Waals surface area contributed by atoms with Crippen LogP contribution in [0.5, 0.6) is 5.75 Å². The highest BCUT2D eigenvalue weighted by Gasteiger charge is 2.43. The molecular formula is C29H30Cl2N6O2. The summed E-state index contributed by atoms with van der Waals surface area (Å²) in [6.07, 6.45) is 6.49. The topological polar surface area (TPSA) is 121 Å². The van der Waals surface area contributed by atoms with Crippen molar-refractivity contribution < 1.29 is 9.47 Å². The lowest BCUT2D eigenvalue weighted by Crippen LogP contribution is -2.63. The summed E-state index contributed by atoms with van der Waals surface area (Å²) in [5, 5.41) is 19.6. The minimum absolute atomic E-state index is 0.138. The molecule has 202 valence electrons. The zero-order chi connectivity index (χ0) is 27.9. The summed E-state index contributed by atoms with van der Waals surface area (Å²) < 4.78 is 12.4. The molecule has 0 spiro atoms. The van der Waals surface area contributed by atoms with E-state index in [0.717, 1.165) is 12.8 Å². The number of aryl methyl sites for hydroxylation is 1. The molecule has 5 rings (SSSR count). The van der Waals surface area contributed by atoms with Crippen molar-refractivity contribution in [2.75, 3.05) is 23.7 Å². The van der Waals surface area contributed by atoms with Crippen molar-refractivity contribution in [3.05, 3.63) is 74.7 Å². The number of anilines is 2. The summed E-state index contributed by atoms with van der Waals surface area (Å²) in [5.41, 5.74) is 9.22. The van der Waals surface area contributed by atoms with Gasteiger partial charge in [-0.2, -0.15) is 5.26 Å². The van der Waals surface area contributed by atoms with Gasteiger partial charge >= 0.3 is 0 Å². The number of pyridine rings is 2. The first-order chi connectivity index (χ1) is 18.6. The van der Waals surface area contributed by atoms with Gasteiger partial charge in [0.2, 0.25) is 0 Å². The third-order valence-electron chi connectivity index (χ3n) is 7.33. The molecule has 3 heterocycles. The number of benzene rings is 1. The molecule has 1 atom stereocenters. The molecule has 1 aliphatic carbocycles. The van der Waals surface area contributed by atoms with Crippen LogP contribution in [-0.2, 0) is 4.74 Å². The largest absolute Gasteiger partial charge is 0.486 e. The number of ether oxygens (including phenoxy) is 2. The molecule has 1 aliphatic heterocycles. The van der Waals surface area contributed by atoms with E-state index in [1.807, 2.05) is 11.8 Å². The van der Waals surface area contributed by atoms with Gasteiger partial charge in [-0.1, -0.05) is 23.2 Å².